The van der Waals surface area contributed by atoms with Crippen molar-refractivity contribution in [2.24, 2.45) is 5.92 Å². The Balaban J connectivity index is 1.83. The summed E-state index contributed by atoms with van der Waals surface area (Å²) in [4.78, 5) is 17.3. The van der Waals surface area contributed by atoms with Crippen LogP contribution >= 0.6 is 0 Å². The highest BCUT2D eigenvalue weighted by Gasteiger charge is 2.28. The highest BCUT2D eigenvalue weighted by Crippen LogP contribution is 2.32. The summed E-state index contributed by atoms with van der Waals surface area (Å²) in [6.07, 6.45) is 9.67. The lowest BCUT2D eigenvalue weighted by molar-refractivity contribution is -0.120. The smallest absolute Gasteiger partial charge is 0.250 e. The van der Waals surface area contributed by atoms with Crippen molar-refractivity contribution in [3.63, 3.8) is 0 Å². The number of anilines is 1. The van der Waals surface area contributed by atoms with Crippen molar-refractivity contribution in [2.75, 3.05) is 11.1 Å². The quantitative estimate of drug-likeness (QED) is 0.784. The highest BCUT2D eigenvalue weighted by atomic mass is 32.2. The van der Waals surface area contributed by atoms with Crippen LogP contribution in [-0.4, -0.2) is 34.8 Å². The second kappa shape index (κ2) is 8.21. The van der Waals surface area contributed by atoms with E-state index in [1.807, 2.05) is 13.0 Å². The number of carbonyl (C=O) groups is 1. The fourth-order valence-corrected chi connectivity index (χ4v) is 4.28. The molecule has 1 N–H and O–H groups in total. The number of aryl methyl sites for hydroxylation is 1. The van der Waals surface area contributed by atoms with E-state index in [0.29, 0.717) is 18.2 Å². The Morgan fingerprint density at radius 3 is 2.67 bits per heavy atom. The second-order valence-corrected chi connectivity index (χ2v) is 9.45. The van der Waals surface area contributed by atoms with Crippen molar-refractivity contribution >= 4 is 21.6 Å². The molecule has 2 aromatic heterocycles. The van der Waals surface area contributed by atoms with E-state index in [4.69, 9.17) is 0 Å². The van der Waals surface area contributed by atoms with Crippen molar-refractivity contribution in [3.05, 3.63) is 36.3 Å². The minimum absolute atomic E-state index is 0.00542. The first-order valence-corrected chi connectivity index (χ1v) is 11.0. The second-order valence-electron chi connectivity index (χ2n) is 7.17. The molecular formula is C19H26N4O3S. The van der Waals surface area contributed by atoms with Crippen molar-refractivity contribution in [3.8, 4) is 0 Å². The van der Waals surface area contributed by atoms with Crippen LogP contribution < -0.4 is 5.32 Å². The molecule has 3 rings (SSSR count). The van der Waals surface area contributed by atoms with E-state index in [-0.39, 0.29) is 16.6 Å². The molecule has 8 heteroatoms. The van der Waals surface area contributed by atoms with Crippen LogP contribution in [0.15, 0.2) is 35.6 Å². The summed E-state index contributed by atoms with van der Waals surface area (Å²) in [7, 11) is -3.35. The van der Waals surface area contributed by atoms with E-state index in [1.165, 1.54) is 29.9 Å². The molecule has 1 atom stereocenters. The largest absolute Gasteiger partial charge is 0.309 e. The molecule has 0 radical (unpaired) electrons. The van der Waals surface area contributed by atoms with Gasteiger partial charge in [0, 0.05) is 12.4 Å². The maximum absolute atomic E-state index is 13.0. The van der Waals surface area contributed by atoms with Crippen LogP contribution in [0.25, 0.3) is 0 Å². The Morgan fingerprint density at radius 1 is 1.30 bits per heavy atom. The van der Waals surface area contributed by atoms with E-state index in [0.717, 1.165) is 18.4 Å². The minimum atomic E-state index is -3.35. The van der Waals surface area contributed by atoms with Crippen molar-refractivity contribution in [2.45, 2.75) is 56.9 Å². The molecule has 0 spiro atoms. The number of aromatic nitrogens is 3. The van der Waals surface area contributed by atoms with Gasteiger partial charge in [-0.3, -0.25) is 9.48 Å². The van der Waals surface area contributed by atoms with Crippen LogP contribution in [0.4, 0.5) is 5.82 Å². The lowest BCUT2D eigenvalue weighted by atomic mass is 9.98. The van der Waals surface area contributed by atoms with E-state index < -0.39 is 15.9 Å². The lowest BCUT2D eigenvalue weighted by Gasteiger charge is -2.20. The van der Waals surface area contributed by atoms with Crippen molar-refractivity contribution < 1.29 is 13.2 Å². The van der Waals surface area contributed by atoms with Gasteiger partial charge in [-0.05, 0) is 30.9 Å². The predicted molar refractivity (Wildman–Crippen MR) is 103 cm³/mol. The summed E-state index contributed by atoms with van der Waals surface area (Å²) >= 11 is 0. The summed E-state index contributed by atoms with van der Waals surface area (Å²) in [5, 5.41) is 7.05. The first kappa shape index (κ1) is 19.5. The van der Waals surface area contributed by atoms with Crippen LogP contribution in [0.2, 0.25) is 0 Å². The molecule has 1 unspecified atom stereocenters. The van der Waals surface area contributed by atoms with Crippen LogP contribution in [0, 0.1) is 12.8 Å². The van der Waals surface area contributed by atoms with Gasteiger partial charge in [0.05, 0.1) is 11.9 Å². The summed E-state index contributed by atoms with van der Waals surface area (Å²) in [5.41, 5.74) is 1.01. The van der Waals surface area contributed by atoms with Crippen LogP contribution in [0.5, 0.6) is 0 Å². The molecule has 1 saturated carbocycles. The van der Waals surface area contributed by atoms with Gasteiger partial charge in [0.1, 0.15) is 16.8 Å². The Bertz CT molecular complexity index is 884. The third kappa shape index (κ3) is 4.74. The van der Waals surface area contributed by atoms with E-state index in [1.54, 1.807) is 19.2 Å². The minimum Gasteiger partial charge on any atom is -0.309 e. The molecule has 1 amide bonds. The van der Waals surface area contributed by atoms with Gasteiger partial charge in [-0.2, -0.15) is 5.10 Å². The van der Waals surface area contributed by atoms with Gasteiger partial charge in [0.25, 0.3) is 0 Å². The number of amides is 1. The topological polar surface area (TPSA) is 94.0 Å². The monoisotopic (exact) mass is 390 g/mol. The SMILES string of the molecule is CCS(=O)(=O)c1cnn(C(CC2CCCC2)C(=O)Nc2ccc(C)cn2)c1. The van der Waals surface area contributed by atoms with Crippen molar-refractivity contribution in [1.82, 2.24) is 14.8 Å². The molecule has 0 aromatic carbocycles. The third-order valence-electron chi connectivity index (χ3n) is 5.13. The molecule has 1 aliphatic carbocycles. The Morgan fingerprint density at radius 2 is 2.04 bits per heavy atom. The van der Waals surface area contributed by atoms with Gasteiger partial charge in [-0.1, -0.05) is 38.7 Å². The van der Waals surface area contributed by atoms with Crippen LogP contribution in [0.3, 0.4) is 0 Å². The van der Waals surface area contributed by atoms with Gasteiger partial charge >= 0.3 is 0 Å². The van der Waals surface area contributed by atoms with Gasteiger partial charge in [-0.25, -0.2) is 13.4 Å². The summed E-state index contributed by atoms with van der Waals surface area (Å²) in [6.45, 7) is 3.53. The zero-order valence-electron chi connectivity index (χ0n) is 15.8. The zero-order valence-corrected chi connectivity index (χ0v) is 16.6. The predicted octanol–water partition coefficient (Wildman–Crippen LogP) is 3.14. The molecule has 2 heterocycles. The molecule has 7 nitrogen and oxygen atoms in total. The van der Waals surface area contributed by atoms with E-state index in [9.17, 15) is 13.2 Å². The van der Waals surface area contributed by atoms with Gasteiger partial charge in [0.15, 0.2) is 9.84 Å². The van der Waals surface area contributed by atoms with Crippen molar-refractivity contribution in [1.29, 1.82) is 0 Å². The number of sulfone groups is 1. The fourth-order valence-electron chi connectivity index (χ4n) is 3.47. The number of nitrogens with one attached hydrogen (secondary N) is 1. The number of hydrogen-bond acceptors (Lipinski definition) is 5. The molecule has 1 fully saturated rings. The molecule has 0 bridgehead atoms. The fraction of sp³-hybridized carbons (Fsp3) is 0.526. The van der Waals surface area contributed by atoms with Crippen LogP contribution in [-0.2, 0) is 14.6 Å². The standard InChI is InChI=1S/C19H26N4O3S/c1-3-27(25,26)16-12-21-23(13-16)17(10-15-6-4-5-7-15)19(24)22-18-9-8-14(2)11-20-18/h8-9,11-13,15,17H,3-7,10H2,1-2H3,(H,20,22,24). The maximum atomic E-state index is 13.0. The molecule has 146 valence electrons. The number of carbonyl (C=O) groups excluding carboxylic acids is 1. The highest BCUT2D eigenvalue weighted by molar-refractivity contribution is 7.91. The lowest BCUT2D eigenvalue weighted by Crippen LogP contribution is -2.28. The Kier molecular flexibility index (Phi) is 5.94. The molecule has 0 aliphatic heterocycles. The molecule has 1 aliphatic rings. The first-order chi connectivity index (χ1) is 12.9. The number of hydrogen-bond donors (Lipinski definition) is 1. The van der Waals surface area contributed by atoms with Crippen LogP contribution in [0.1, 0.15) is 50.6 Å². The van der Waals surface area contributed by atoms with Gasteiger partial charge < -0.3 is 5.32 Å². The average molecular weight is 391 g/mol. The molecular weight excluding hydrogens is 364 g/mol. The average Bonchev–Trinajstić information content (AvgIpc) is 3.33. The number of pyridine rings is 1. The maximum Gasteiger partial charge on any atom is 0.250 e. The Hall–Kier alpha value is -2.22. The van der Waals surface area contributed by atoms with Gasteiger partial charge in [0.2, 0.25) is 5.91 Å². The number of nitrogens with zero attached hydrogens (tertiary/aromatic N) is 3. The van der Waals surface area contributed by atoms with E-state index in [2.05, 4.69) is 15.4 Å². The molecule has 2 aromatic rings. The summed E-state index contributed by atoms with van der Waals surface area (Å²) < 4.78 is 25.7. The zero-order chi connectivity index (χ0) is 19.4. The van der Waals surface area contributed by atoms with E-state index >= 15 is 0 Å². The third-order valence-corrected chi connectivity index (χ3v) is 6.82. The normalized spacial score (nSPS) is 16.4. The number of rotatable bonds is 7. The summed E-state index contributed by atoms with van der Waals surface area (Å²) in [5.74, 6) is 0.713. The Labute approximate surface area is 160 Å². The molecule has 0 saturated heterocycles. The summed E-state index contributed by atoms with van der Waals surface area (Å²) in [6, 6.07) is 3.08. The van der Waals surface area contributed by atoms with Gasteiger partial charge in [-0.15, -0.1) is 0 Å². The molecule has 27 heavy (non-hydrogen) atoms. The first-order valence-electron chi connectivity index (χ1n) is 9.39.